The molecule has 0 saturated carbocycles. The summed E-state index contributed by atoms with van der Waals surface area (Å²) in [5, 5.41) is 12.9. The molecule has 110 valence electrons. The quantitative estimate of drug-likeness (QED) is 0.919. The number of anilines is 1. The van der Waals surface area contributed by atoms with E-state index in [4.69, 9.17) is 9.63 Å². The second-order valence-electron chi connectivity index (χ2n) is 5.18. The molecule has 1 aliphatic rings. The molecular formula is C14H16N4O3. The largest absolute Gasteiger partial charge is 0.481 e. The first kappa shape index (κ1) is 13.5. The Labute approximate surface area is 121 Å². The number of aromatic nitrogens is 3. The number of nitrogens with zero attached hydrogens (tertiary/aromatic N) is 4. The van der Waals surface area contributed by atoms with Crippen molar-refractivity contribution in [2.75, 3.05) is 18.0 Å². The molecule has 21 heavy (non-hydrogen) atoms. The summed E-state index contributed by atoms with van der Waals surface area (Å²) >= 11 is 0. The highest BCUT2D eigenvalue weighted by atomic mass is 16.5. The number of hydrogen-bond acceptors (Lipinski definition) is 6. The fourth-order valence-electron chi connectivity index (χ4n) is 2.50. The number of rotatable bonds is 3. The second kappa shape index (κ2) is 5.51. The van der Waals surface area contributed by atoms with E-state index in [-0.39, 0.29) is 5.92 Å². The number of aryl methyl sites for hydroxylation is 1. The fraction of sp³-hybridized carbons (Fsp3) is 0.429. The molecule has 1 saturated heterocycles. The average molecular weight is 288 g/mol. The van der Waals surface area contributed by atoms with Gasteiger partial charge in [-0.2, -0.15) is 4.98 Å². The lowest BCUT2D eigenvalue weighted by molar-refractivity contribution is -0.141. The lowest BCUT2D eigenvalue weighted by Gasteiger charge is -2.31. The van der Waals surface area contributed by atoms with Gasteiger partial charge in [0.2, 0.25) is 0 Å². The Bertz CT molecular complexity index is 638. The first-order valence-electron chi connectivity index (χ1n) is 6.88. The van der Waals surface area contributed by atoms with E-state index < -0.39 is 5.97 Å². The van der Waals surface area contributed by atoms with Crippen LogP contribution >= 0.6 is 0 Å². The summed E-state index contributed by atoms with van der Waals surface area (Å²) in [5.74, 6) is 0.737. The highest BCUT2D eigenvalue weighted by molar-refractivity contribution is 5.71. The van der Waals surface area contributed by atoms with E-state index in [1.54, 1.807) is 13.1 Å². The van der Waals surface area contributed by atoms with E-state index in [0.29, 0.717) is 18.3 Å². The number of aliphatic carboxylic acids is 1. The third kappa shape index (κ3) is 2.86. The molecule has 3 rings (SSSR count). The summed E-state index contributed by atoms with van der Waals surface area (Å²) in [6.45, 7) is 3.09. The Kier molecular flexibility index (Phi) is 3.55. The van der Waals surface area contributed by atoms with Crippen molar-refractivity contribution in [3.63, 3.8) is 0 Å². The summed E-state index contributed by atoms with van der Waals surface area (Å²) in [6.07, 6.45) is 3.26. The molecular weight excluding hydrogens is 272 g/mol. The maximum absolute atomic E-state index is 11.1. The number of carboxylic acid groups (broad SMARTS) is 1. The Morgan fingerprint density at radius 1 is 1.48 bits per heavy atom. The van der Waals surface area contributed by atoms with Crippen LogP contribution in [-0.4, -0.2) is 39.3 Å². The lowest BCUT2D eigenvalue weighted by atomic mass is 9.98. The number of carbonyl (C=O) groups is 1. The summed E-state index contributed by atoms with van der Waals surface area (Å²) in [4.78, 5) is 21.6. The van der Waals surface area contributed by atoms with Gasteiger partial charge in [0, 0.05) is 19.3 Å². The van der Waals surface area contributed by atoms with Gasteiger partial charge in [0.25, 0.3) is 5.89 Å². The third-order valence-electron chi connectivity index (χ3n) is 3.62. The minimum Gasteiger partial charge on any atom is -0.481 e. The average Bonchev–Trinajstić information content (AvgIpc) is 2.94. The molecule has 0 spiro atoms. The molecule has 7 heteroatoms. The van der Waals surface area contributed by atoms with Crippen LogP contribution in [-0.2, 0) is 4.79 Å². The van der Waals surface area contributed by atoms with Gasteiger partial charge in [-0.3, -0.25) is 4.79 Å². The van der Waals surface area contributed by atoms with Gasteiger partial charge in [0.05, 0.1) is 11.5 Å². The van der Waals surface area contributed by atoms with Crippen LogP contribution in [0.5, 0.6) is 0 Å². The number of pyridine rings is 1. The van der Waals surface area contributed by atoms with Gasteiger partial charge in [-0.05, 0) is 31.9 Å². The van der Waals surface area contributed by atoms with Crippen LogP contribution in [0.4, 0.5) is 5.82 Å². The van der Waals surface area contributed by atoms with Crippen molar-refractivity contribution < 1.29 is 14.4 Å². The standard InChI is InChI=1S/C14H16N4O3/c1-9-16-13(21-17-9)10-4-5-12(15-7-10)18-6-2-3-11(8-18)14(19)20/h4-5,7,11H,2-3,6,8H2,1H3,(H,19,20). The van der Waals surface area contributed by atoms with Crippen molar-refractivity contribution in [2.24, 2.45) is 5.92 Å². The highest BCUT2D eigenvalue weighted by Crippen LogP contribution is 2.24. The van der Waals surface area contributed by atoms with Crippen molar-refractivity contribution in [3.8, 4) is 11.5 Å². The van der Waals surface area contributed by atoms with Crippen LogP contribution < -0.4 is 4.90 Å². The van der Waals surface area contributed by atoms with Gasteiger partial charge in [0.15, 0.2) is 5.82 Å². The molecule has 1 atom stereocenters. The van der Waals surface area contributed by atoms with Crippen molar-refractivity contribution in [3.05, 3.63) is 24.2 Å². The van der Waals surface area contributed by atoms with Crippen molar-refractivity contribution in [1.82, 2.24) is 15.1 Å². The molecule has 0 radical (unpaired) electrons. The molecule has 0 bridgehead atoms. The zero-order chi connectivity index (χ0) is 14.8. The molecule has 2 aromatic rings. The van der Waals surface area contributed by atoms with E-state index in [1.807, 2.05) is 17.0 Å². The van der Waals surface area contributed by atoms with E-state index in [2.05, 4.69) is 15.1 Å². The molecule has 7 nitrogen and oxygen atoms in total. The van der Waals surface area contributed by atoms with Gasteiger partial charge < -0.3 is 14.5 Å². The predicted molar refractivity (Wildman–Crippen MR) is 74.8 cm³/mol. The van der Waals surface area contributed by atoms with E-state index >= 15 is 0 Å². The lowest BCUT2D eigenvalue weighted by Crippen LogP contribution is -2.39. The molecule has 1 N–H and O–H groups in total. The van der Waals surface area contributed by atoms with E-state index in [9.17, 15) is 4.79 Å². The second-order valence-corrected chi connectivity index (χ2v) is 5.18. The Hall–Kier alpha value is -2.44. The van der Waals surface area contributed by atoms with E-state index in [0.717, 1.165) is 30.8 Å². The molecule has 1 unspecified atom stereocenters. The Morgan fingerprint density at radius 3 is 2.95 bits per heavy atom. The van der Waals surface area contributed by atoms with Gasteiger partial charge in [-0.1, -0.05) is 5.16 Å². The minimum atomic E-state index is -0.738. The van der Waals surface area contributed by atoms with Gasteiger partial charge >= 0.3 is 5.97 Å². The molecule has 0 aromatic carbocycles. The highest BCUT2D eigenvalue weighted by Gasteiger charge is 2.26. The number of piperidine rings is 1. The minimum absolute atomic E-state index is 0.321. The topological polar surface area (TPSA) is 92.4 Å². The molecule has 0 amide bonds. The van der Waals surface area contributed by atoms with Crippen LogP contribution in [0.25, 0.3) is 11.5 Å². The third-order valence-corrected chi connectivity index (χ3v) is 3.62. The predicted octanol–water partition coefficient (Wildman–Crippen LogP) is 1.74. The van der Waals surface area contributed by atoms with Crippen LogP contribution in [0.3, 0.4) is 0 Å². The zero-order valence-electron chi connectivity index (χ0n) is 11.7. The summed E-state index contributed by atoms with van der Waals surface area (Å²) < 4.78 is 5.09. The number of hydrogen-bond donors (Lipinski definition) is 1. The Morgan fingerprint density at radius 2 is 2.33 bits per heavy atom. The van der Waals surface area contributed by atoms with Crippen LogP contribution in [0.2, 0.25) is 0 Å². The smallest absolute Gasteiger partial charge is 0.308 e. The fourth-order valence-corrected chi connectivity index (χ4v) is 2.50. The first-order valence-corrected chi connectivity index (χ1v) is 6.88. The van der Waals surface area contributed by atoms with Crippen molar-refractivity contribution in [2.45, 2.75) is 19.8 Å². The molecule has 0 aliphatic carbocycles. The van der Waals surface area contributed by atoms with Gasteiger partial charge in [-0.25, -0.2) is 4.98 Å². The molecule has 1 fully saturated rings. The summed E-state index contributed by atoms with van der Waals surface area (Å²) in [7, 11) is 0. The summed E-state index contributed by atoms with van der Waals surface area (Å²) in [5.41, 5.74) is 0.756. The van der Waals surface area contributed by atoms with Crippen LogP contribution in [0.1, 0.15) is 18.7 Å². The maximum atomic E-state index is 11.1. The first-order chi connectivity index (χ1) is 10.1. The zero-order valence-corrected chi connectivity index (χ0v) is 11.7. The van der Waals surface area contributed by atoms with Crippen LogP contribution in [0, 0.1) is 12.8 Å². The van der Waals surface area contributed by atoms with Gasteiger partial charge in [-0.15, -0.1) is 0 Å². The maximum Gasteiger partial charge on any atom is 0.308 e. The summed E-state index contributed by atoms with van der Waals surface area (Å²) in [6, 6.07) is 3.72. The van der Waals surface area contributed by atoms with Crippen LogP contribution in [0.15, 0.2) is 22.9 Å². The van der Waals surface area contributed by atoms with E-state index in [1.165, 1.54) is 0 Å². The monoisotopic (exact) mass is 288 g/mol. The molecule has 3 heterocycles. The molecule has 2 aromatic heterocycles. The SMILES string of the molecule is Cc1noc(-c2ccc(N3CCCC(C(=O)O)C3)nc2)n1. The Balaban J connectivity index is 1.76. The molecule has 1 aliphatic heterocycles. The normalized spacial score (nSPS) is 18.7. The van der Waals surface area contributed by atoms with Gasteiger partial charge in [0.1, 0.15) is 5.82 Å². The van der Waals surface area contributed by atoms with Crippen molar-refractivity contribution >= 4 is 11.8 Å². The van der Waals surface area contributed by atoms with Crippen molar-refractivity contribution in [1.29, 1.82) is 0 Å². The number of carboxylic acids is 1.